The van der Waals surface area contributed by atoms with E-state index < -0.39 is 0 Å². The van der Waals surface area contributed by atoms with E-state index in [1.54, 1.807) is 7.11 Å². The van der Waals surface area contributed by atoms with Crippen molar-refractivity contribution in [3.8, 4) is 6.07 Å². The maximum Gasteiger partial charge on any atom is 0.101 e. The van der Waals surface area contributed by atoms with Gasteiger partial charge in [-0.25, -0.2) is 0 Å². The van der Waals surface area contributed by atoms with Crippen molar-refractivity contribution in [1.29, 1.82) is 5.26 Å². The molecule has 22 heavy (non-hydrogen) atoms. The largest absolute Gasteiger partial charge is 0.368 e. The minimum absolute atomic E-state index is 0.384. The number of halogens is 1. The molecule has 0 bridgehead atoms. The first-order valence-electron chi connectivity index (χ1n) is 7.82. The summed E-state index contributed by atoms with van der Waals surface area (Å²) in [6, 6.07) is 8.39. The molecular weight excluding hydrogens is 298 g/mol. The van der Waals surface area contributed by atoms with Crippen LogP contribution in [-0.4, -0.2) is 37.8 Å². The zero-order chi connectivity index (χ0) is 15.7. The van der Waals surface area contributed by atoms with E-state index in [0.717, 1.165) is 25.3 Å². The predicted octanol–water partition coefficient (Wildman–Crippen LogP) is 3.45. The van der Waals surface area contributed by atoms with Crippen LogP contribution in [0.3, 0.4) is 0 Å². The molecule has 2 aliphatic heterocycles. The molecule has 2 aliphatic rings. The number of anilines is 1. The first-order chi connectivity index (χ1) is 10.6. The topological polar surface area (TPSA) is 39.5 Å². The van der Waals surface area contributed by atoms with Crippen LogP contribution in [0.4, 0.5) is 5.69 Å². The molecule has 4 nitrogen and oxygen atoms in total. The Hall–Kier alpha value is -1.28. The molecule has 0 saturated carbocycles. The molecular formula is C17H22ClN3O. The summed E-state index contributed by atoms with van der Waals surface area (Å²) in [5.41, 5.74) is 2.05. The van der Waals surface area contributed by atoms with Crippen LogP contribution in [-0.2, 0) is 4.84 Å². The average molecular weight is 320 g/mol. The number of hydroxylamine groups is 2. The average Bonchev–Trinajstić information content (AvgIpc) is 2.84. The van der Waals surface area contributed by atoms with Gasteiger partial charge in [0.05, 0.1) is 17.7 Å². The summed E-state index contributed by atoms with van der Waals surface area (Å²) in [6.45, 7) is 5.36. The fraction of sp³-hybridized carbons (Fsp3) is 0.588. The van der Waals surface area contributed by atoms with Crippen molar-refractivity contribution in [3.63, 3.8) is 0 Å². The first-order valence-corrected chi connectivity index (χ1v) is 8.20. The Labute approximate surface area is 137 Å². The second-order valence-electron chi connectivity index (χ2n) is 6.57. The number of piperidine rings is 1. The smallest absolute Gasteiger partial charge is 0.101 e. The van der Waals surface area contributed by atoms with E-state index >= 15 is 0 Å². The molecule has 0 aliphatic carbocycles. The molecule has 1 aromatic carbocycles. The number of benzene rings is 1. The van der Waals surface area contributed by atoms with Gasteiger partial charge in [0.2, 0.25) is 0 Å². The number of rotatable bonds is 2. The van der Waals surface area contributed by atoms with Crippen LogP contribution in [0.25, 0.3) is 0 Å². The second-order valence-corrected chi connectivity index (χ2v) is 6.98. The third-order valence-electron chi connectivity index (χ3n) is 5.21. The zero-order valence-electron chi connectivity index (χ0n) is 13.2. The molecule has 3 rings (SSSR count). The lowest BCUT2D eigenvalue weighted by molar-refractivity contribution is -0.157. The van der Waals surface area contributed by atoms with E-state index in [2.05, 4.69) is 23.0 Å². The minimum atomic E-state index is 0.384. The van der Waals surface area contributed by atoms with Crippen molar-refractivity contribution in [1.82, 2.24) is 5.06 Å². The quantitative estimate of drug-likeness (QED) is 0.837. The fourth-order valence-corrected chi connectivity index (χ4v) is 4.16. The van der Waals surface area contributed by atoms with E-state index in [9.17, 15) is 0 Å². The molecule has 0 N–H and O–H groups in total. The van der Waals surface area contributed by atoms with Crippen molar-refractivity contribution < 1.29 is 4.84 Å². The zero-order valence-corrected chi connectivity index (χ0v) is 13.9. The fourth-order valence-electron chi connectivity index (χ4n) is 3.94. The number of hydrogen-bond acceptors (Lipinski definition) is 4. The highest BCUT2D eigenvalue weighted by Gasteiger charge is 2.44. The van der Waals surface area contributed by atoms with Gasteiger partial charge in [0.25, 0.3) is 0 Å². The minimum Gasteiger partial charge on any atom is -0.368 e. The third kappa shape index (κ3) is 2.81. The monoisotopic (exact) mass is 319 g/mol. The summed E-state index contributed by atoms with van der Waals surface area (Å²) in [4.78, 5) is 7.79. The van der Waals surface area contributed by atoms with Crippen LogP contribution in [0, 0.1) is 16.7 Å². The first kappa shape index (κ1) is 15.6. The van der Waals surface area contributed by atoms with E-state index in [1.165, 1.54) is 19.3 Å². The number of nitriles is 1. The van der Waals surface area contributed by atoms with Gasteiger partial charge < -0.3 is 9.74 Å². The molecule has 2 fully saturated rings. The predicted molar refractivity (Wildman–Crippen MR) is 87.8 cm³/mol. The van der Waals surface area contributed by atoms with Gasteiger partial charge in [-0.2, -0.15) is 10.3 Å². The van der Waals surface area contributed by atoms with Crippen molar-refractivity contribution in [2.24, 2.45) is 5.41 Å². The Balaban J connectivity index is 1.77. The van der Waals surface area contributed by atoms with Gasteiger partial charge in [-0.1, -0.05) is 11.6 Å². The van der Waals surface area contributed by atoms with E-state index in [4.69, 9.17) is 21.7 Å². The highest BCUT2D eigenvalue weighted by molar-refractivity contribution is 6.32. The van der Waals surface area contributed by atoms with Crippen molar-refractivity contribution in [3.05, 3.63) is 28.8 Å². The highest BCUT2D eigenvalue weighted by atomic mass is 35.5. The van der Waals surface area contributed by atoms with Gasteiger partial charge in [-0.05, 0) is 49.8 Å². The highest BCUT2D eigenvalue weighted by Crippen LogP contribution is 2.45. The summed E-state index contributed by atoms with van der Waals surface area (Å²) in [7, 11) is 1.75. The molecule has 0 amide bonds. The Morgan fingerprint density at radius 2 is 2.09 bits per heavy atom. The van der Waals surface area contributed by atoms with Gasteiger partial charge in [0.15, 0.2) is 0 Å². The van der Waals surface area contributed by atoms with E-state index in [0.29, 0.717) is 22.0 Å². The van der Waals surface area contributed by atoms with Crippen molar-refractivity contribution in [2.45, 2.75) is 32.2 Å². The van der Waals surface area contributed by atoms with Crippen LogP contribution in [0.5, 0.6) is 0 Å². The standard InChI is InChI=1S/C17H22ClN3O/c1-13-10-17(5-7-20(22-2)8-6-17)12-21(13)15-4-3-14(11-19)16(18)9-15/h3-4,9,13H,5-8,10,12H2,1-2H3. The Morgan fingerprint density at radius 3 is 2.68 bits per heavy atom. The summed E-state index contributed by atoms with van der Waals surface area (Å²) in [5.74, 6) is 0. The van der Waals surface area contributed by atoms with Gasteiger partial charge in [-0.15, -0.1) is 0 Å². The molecule has 118 valence electrons. The van der Waals surface area contributed by atoms with Gasteiger partial charge in [-0.3, -0.25) is 0 Å². The van der Waals surface area contributed by atoms with Crippen LogP contribution in [0.1, 0.15) is 31.7 Å². The Bertz CT molecular complexity index is 590. The molecule has 1 atom stereocenters. The lowest BCUT2D eigenvalue weighted by Crippen LogP contribution is -2.41. The van der Waals surface area contributed by atoms with Crippen LogP contribution >= 0.6 is 11.6 Å². The van der Waals surface area contributed by atoms with Crippen LogP contribution < -0.4 is 4.90 Å². The Morgan fingerprint density at radius 1 is 1.36 bits per heavy atom. The molecule has 0 radical (unpaired) electrons. The number of hydrogen-bond donors (Lipinski definition) is 0. The molecule has 1 spiro atoms. The molecule has 0 aromatic heterocycles. The van der Waals surface area contributed by atoms with E-state index in [-0.39, 0.29) is 0 Å². The maximum absolute atomic E-state index is 9.01. The lowest BCUT2D eigenvalue weighted by atomic mass is 9.77. The van der Waals surface area contributed by atoms with Gasteiger partial charge in [0.1, 0.15) is 6.07 Å². The van der Waals surface area contributed by atoms with Crippen LogP contribution in [0.2, 0.25) is 5.02 Å². The number of nitrogens with zero attached hydrogens (tertiary/aromatic N) is 3. The molecule has 2 saturated heterocycles. The summed E-state index contributed by atoms with van der Waals surface area (Å²) >= 11 is 6.20. The van der Waals surface area contributed by atoms with Gasteiger partial charge >= 0.3 is 0 Å². The maximum atomic E-state index is 9.01. The summed E-state index contributed by atoms with van der Waals surface area (Å²) in [6.07, 6.45) is 3.56. The normalized spacial score (nSPS) is 24.6. The molecule has 1 unspecified atom stereocenters. The van der Waals surface area contributed by atoms with Crippen LogP contribution in [0.15, 0.2) is 18.2 Å². The molecule has 5 heteroatoms. The summed E-state index contributed by atoms with van der Waals surface area (Å²) in [5, 5.41) is 11.6. The van der Waals surface area contributed by atoms with E-state index in [1.807, 2.05) is 18.2 Å². The summed E-state index contributed by atoms with van der Waals surface area (Å²) < 4.78 is 0. The second kappa shape index (κ2) is 6.08. The van der Waals surface area contributed by atoms with Crippen molar-refractivity contribution >= 4 is 17.3 Å². The molecule has 2 heterocycles. The van der Waals surface area contributed by atoms with Crippen molar-refractivity contribution in [2.75, 3.05) is 31.6 Å². The lowest BCUT2D eigenvalue weighted by Gasteiger charge is -2.38. The SMILES string of the molecule is CON1CCC2(CC1)CC(C)N(c1ccc(C#N)c(Cl)c1)C2. The Kier molecular flexibility index (Phi) is 4.31. The van der Waals surface area contributed by atoms with Gasteiger partial charge in [0, 0.05) is 31.4 Å². The third-order valence-corrected chi connectivity index (χ3v) is 5.52. The molecule has 1 aromatic rings.